The maximum atomic E-state index is 14.8. The van der Waals surface area contributed by atoms with Crippen LogP contribution in [-0.4, -0.2) is 26.3 Å². The van der Waals surface area contributed by atoms with E-state index < -0.39 is 5.82 Å². The van der Waals surface area contributed by atoms with Gasteiger partial charge in [0.2, 0.25) is 0 Å². The third kappa shape index (κ3) is 2.64. The molecule has 0 radical (unpaired) electrons. The Bertz CT molecular complexity index is 1220. The molecule has 0 aliphatic heterocycles. The number of aromatic nitrogens is 4. The zero-order valence-corrected chi connectivity index (χ0v) is 16.1. The van der Waals surface area contributed by atoms with Crippen LogP contribution in [0.25, 0.3) is 22.5 Å². The molecule has 1 aromatic carbocycles. The molecule has 3 aromatic heterocycles. The van der Waals surface area contributed by atoms with Crippen molar-refractivity contribution >= 4 is 21.4 Å². The number of methoxy groups -OCH3 is 1. The van der Waals surface area contributed by atoms with E-state index in [0.29, 0.717) is 32.6 Å². The molecule has 0 amide bonds. The Hall–Kier alpha value is -3.00. The van der Waals surface area contributed by atoms with Gasteiger partial charge in [-0.25, -0.2) is 14.2 Å². The third-order valence-corrected chi connectivity index (χ3v) is 5.17. The first kappa shape index (κ1) is 17.4. The number of benzene rings is 1. The molecule has 0 unspecified atom stereocenters. The smallest absolute Gasteiger partial charge is 0.355 e. The highest BCUT2D eigenvalue weighted by Gasteiger charge is 2.22. The molecular weight excluding hydrogens is 415 g/mol. The Kier molecular flexibility index (Phi) is 4.27. The van der Waals surface area contributed by atoms with Crippen LogP contribution in [0.3, 0.4) is 0 Å². The highest BCUT2D eigenvalue weighted by Crippen LogP contribution is 2.39. The fourth-order valence-corrected chi connectivity index (χ4v) is 3.89. The molecule has 0 aliphatic carbocycles. The van der Waals surface area contributed by atoms with E-state index in [9.17, 15) is 9.18 Å². The van der Waals surface area contributed by atoms with Crippen molar-refractivity contribution in [2.45, 2.75) is 6.92 Å². The number of ether oxygens (including phenoxy) is 1. The van der Waals surface area contributed by atoms with Gasteiger partial charge in [-0.05, 0) is 41.1 Å². The summed E-state index contributed by atoms with van der Waals surface area (Å²) < 4.78 is 23.2. The van der Waals surface area contributed by atoms with E-state index in [2.05, 4.69) is 26.0 Å². The number of halogens is 2. The Morgan fingerprint density at radius 3 is 2.70 bits per heavy atom. The minimum atomic E-state index is -0.488. The lowest BCUT2D eigenvalue weighted by molar-refractivity contribution is 0.387. The van der Waals surface area contributed by atoms with Crippen LogP contribution in [0.4, 0.5) is 4.39 Å². The van der Waals surface area contributed by atoms with Gasteiger partial charge in [0, 0.05) is 23.0 Å². The summed E-state index contributed by atoms with van der Waals surface area (Å²) in [6, 6.07) is 10.1. The summed E-state index contributed by atoms with van der Waals surface area (Å²) in [5.74, 6) is 0.0542. The van der Waals surface area contributed by atoms with Gasteiger partial charge in [0.25, 0.3) is 0 Å². The number of fused-ring (bicyclic) bond motifs is 1. The molecular formula is C19H14BrFN4O2. The van der Waals surface area contributed by atoms with E-state index in [4.69, 9.17) is 4.74 Å². The molecule has 8 heteroatoms. The summed E-state index contributed by atoms with van der Waals surface area (Å²) in [5, 5.41) is 4.21. The van der Waals surface area contributed by atoms with Crippen molar-refractivity contribution in [1.82, 2.24) is 19.2 Å². The van der Waals surface area contributed by atoms with Crippen LogP contribution >= 0.6 is 15.9 Å². The van der Waals surface area contributed by atoms with E-state index in [1.807, 2.05) is 0 Å². The predicted octanol–water partition coefficient (Wildman–Crippen LogP) is 3.77. The van der Waals surface area contributed by atoms with Gasteiger partial charge in [0.05, 0.1) is 23.3 Å². The average molecular weight is 429 g/mol. The molecule has 6 nitrogen and oxygen atoms in total. The number of pyridine rings is 1. The van der Waals surface area contributed by atoms with Crippen LogP contribution in [0.1, 0.15) is 5.69 Å². The highest BCUT2D eigenvalue weighted by atomic mass is 79.9. The number of rotatable bonds is 3. The largest absolute Gasteiger partial charge is 0.494 e. The average Bonchev–Trinajstić information content (AvgIpc) is 2.94. The molecule has 0 spiro atoms. The first-order chi connectivity index (χ1) is 13.0. The molecule has 4 aromatic rings. The van der Waals surface area contributed by atoms with Gasteiger partial charge in [-0.3, -0.25) is 4.40 Å². The predicted molar refractivity (Wildman–Crippen MR) is 103 cm³/mol. The Morgan fingerprint density at radius 1 is 1.19 bits per heavy atom. The molecule has 27 heavy (non-hydrogen) atoms. The Morgan fingerprint density at radius 2 is 2.00 bits per heavy atom. The standard InChI is InChI=1S/C19H14BrFN4O2/c1-11-16(12-6-5-7-14(27-2)18(12)21)17(20)13-10-23-25(19(26)24(11)13)15-8-3-4-9-22-15/h3-10H,1-2H3. The fourth-order valence-electron chi connectivity index (χ4n) is 3.11. The minimum Gasteiger partial charge on any atom is -0.494 e. The van der Waals surface area contributed by atoms with Crippen molar-refractivity contribution < 1.29 is 9.13 Å². The summed E-state index contributed by atoms with van der Waals surface area (Å²) in [5.41, 5.74) is 1.65. The Balaban J connectivity index is 2.03. The van der Waals surface area contributed by atoms with E-state index in [-0.39, 0.29) is 11.4 Å². The van der Waals surface area contributed by atoms with Gasteiger partial charge < -0.3 is 4.74 Å². The molecule has 3 heterocycles. The van der Waals surface area contributed by atoms with E-state index >= 15 is 0 Å². The summed E-state index contributed by atoms with van der Waals surface area (Å²) in [4.78, 5) is 17.2. The summed E-state index contributed by atoms with van der Waals surface area (Å²) in [7, 11) is 1.41. The number of hydrogen-bond donors (Lipinski definition) is 0. The topological polar surface area (TPSA) is 61.4 Å². The van der Waals surface area contributed by atoms with Gasteiger partial charge in [-0.2, -0.15) is 9.78 Å². The van der Waals surface area contributed by atoms with Crippen molar-refractivity contribution in [3.63, 3.8) is 0 Å². The molecule has 0 atom stereocenters. The third-order valence-electron chi connectivity index (χ3n) is 4.37. The van der Waals surface area contributed by atoms with Gasteiger partial charge >= 0.3 is 5.69 Å². The van der Waals surface area contributed by atoms with Crippen LogP contribution in [0, 0.1) is 12.7 Å². The Labute approximate surface area is 162 Å². The number of nitrogens with zero attached hydrogens (tertiary/aromatic N) is 4. The molecule has 0 N–H and O–H groups in total. The molecule has 4 rings (SSSR count). The molecule has 0 bridgehead atoms. The van der Waals surface area contributed by atoms with Crippen molar-refractivity contribution in [3.8, 4) is 22.7 Å². The normalized spacial score (nSPS) is 11.1. The first-order valence-corrected chi connectivity index (χ1v) is 8.87. The van der Waals surface area contributed by atoms with E-state index in [0.717, 1.165) is 0 Å². The molecule has 136 valence electrons. The SMILES string of the molecule is COc1cccc(-c2c(Br)c3cnn(-c4ccccn4)c(=O)n3c2C)c1F. The van der Waals surface area contributed by atoms with Crippen molar-refractivity contribution in [3.05, 3.63) is 75.3 Å². The van der Waals surface area contributed by atoms with Crippen LogP contribution in [-0.2, 0) is 0 Å². The van der Waals surface area contributed by atoms with Crippen molar-refractivity contribution in [2.24, 2.45) is 0 Å². The van der Waals surface area contributed by atoms with Gasteiger partial charge in [-0.15, -0.1) is 0 Å². The second kappa shape index (κ2) is 6.62. The van der Waals surface area contributed by atoms with Crippen molar-refractivity contribution in [2.75, 3.05) is 7.11 Å². The van der Waals surface area contributed by atoms with Crippen LogP contribution in [0.15, 0.2) is 58.1 Å². The van der Waals surface area contributed by atoms with E-state index in [1.54, 1.807) is 55.7 Å². The summed E-state index contributed by atoms with van der Waals surface area (Å²) >= 11 is 3.50. The van der Waals surface area contributed by atoms with Crippen LogP contribution in [0.5, 0.6) is 5.75 Å². The number of hydrogen-bond acceptors (Lipinski definition) is 4. The lowest BCUT2D eigenvalue weighted by atomic mass is 10.1. The lowest BCUT2D eigenvalue weighted by Crippen LogP contribution is -2.28. The zero-order chi connectivity index (χ0) is 19.1. The highest BCUT2D eigenvalue weighted by molar-refractivity contribution is 9.10. The summed E-state index contributed by atoms with van der Waals surface area (Å²) in [6.45, 7) is 1.76. The maximum Gasteiger partial charge on any atom is 0.355 e. The number of aryl methyl sites for hydroxylation is 1. The van der Waals surface area contributed by atoms with Crippen molar-refractivity contribution in [1.29, 1.82) is 0 Å². The van der Waals surface area contributed by atoms with Gasteiger partial charge in [-0.1, -0.05) is 18.2 Å². The van der Waals surface area contributed by atoms with Gasteiger partial charge in [0.15, 0.2) is 17.4 Å². The molecule has 0 fully saturated rings. The zero-order valence-electron chi connectivity index (χ0n) is 14.5. The second-order valence-corrected chi connectivity index (χ2v) is 6.64. The van der Waals surface area contributed by atoms with Crippen LogP contribution in [0.2, 0.25) is 0 Å². The van der Waals surface area contributed by atoms with Gasteiger partial charge in [0.1, 0.15) is 0 Å². The second-order valence-electron chi connectivity index (χ2n) is 5.84. The quantitative estimate of drug-likeness (QED) is 0.498. The maximum absolute atomic E-state index is 14.8. The molecule has 0 saturated heterocycles. The summed E-state index contributed by atoms with van der Waals surface area (Å²) in [6.07, 6.45) is 3.14. The molecule has 0 saturated carbocycles. The first-order valence-electron chi connectivity index (χ1n) is 8.07. The lowest BCUT2D eigenvalue weighted by Gasteiger charge is -2.08. The van der Waals surface area contributed by atoms with Crippen LogP contribution < -0.4 is 10.4 Å². The van der Waals surface area contributed by atoms with E-state index in [1.165, 1.54) is 16.2 Å². The fraction of sp³-hybridized carbons (Fsp3) is 0.105. The molecule has 0 aliphatic rings. The minimum absolute atomic E-state index is 0.137. The monoisotopic (exact) mass is 428 g/mol.